The standard InChI is InChI=1S/C20H18FN3O2/c21-16-7-9-17(10-8-16)24-18(11-6-15-12-13-26-20(15)25)22-19(23-24)14-4-2-1-3-5-14/h1-5,7-10,15H,6,11-13H2. The average Bonchev–Trinajstić information content (AvgIpc) is 3.27. The van der Waals surface area contributed by atoms with Crippen molar-refractivity contribution in [3.8, 4) is 17.1 Å². The quantitative estimate of drug-likeness (QED) is 0.660. The minimum atomic E-state index is -0.299. The number of rotatable bonds is 5. The summed E-state index contributed by atoms with van der Waals surface area (Å²) in [6.07, 6.45) is 2.00. The molecule has 26 heavy (non-hydrogen) atoms. The van der Waals surface area contributed by atoms with Crippen molar-refractivity contribution in [3.63, 3.8) is 0 Å². The maximum Gasteiger partial charge on any atom is 0.309 e. The van der Waals surface area contributed by atoms with Gasteiger partial charge in [-0.2, -0.15) is 0 Å². The molecule has 4 rings (SSSR count). The Morgan fingerprint density at radius 2 is 1.88 bits per heavy atom. The topological polar surface area (TPSA) is 57.0 Å². The van der Waals surface area contributed by atoms with Gasteiger partial charge in [-0.1, -0.05) is 30.3 Å². The summed E-state index contributed by atoms with van der Waals surface area (Å²) in [5.74, 6) is 0.830. The van der Waals surface area contributed by atoms with E-state index in [1.807, 2.05) is 30.3 Å². The van der Waals surface area contributed by atoms with Crippen molar-refractivity contribution in [3.05, 3.63) is 66.2 Å². The molecule has 3 aromatic rings. The summed E-state index contributed by atoms with van der Waals surface area (Å²) in [7, 11) is 0. The first kappa shape index (κ1) is 16.4. The predicted molar refractivity (Wildman–Crippen MR) is 94.1 cm³/mol. The molecule has 1 fully saturated rings. The van der Waals surface area contributed by atoms with Crippen molar-refractivity contribution in [2.24, 2.45) is 5.92 Å². The number of nitrogens with zero attached hydrogens (tertiary/aromatic N) is 3. The van der Waals surface area contributed by atoms with Gasteiger partial charge in [-0.25, -0.2) is 14.1 Å². The molecule has 1 atom stereocenters. The number of halogens is 1. The van der Waals surface area contributed by atoms with Gasteiger partial charge in [0.2, 0.25) is 0 Å². The molecule has 0 saturated carbocycles. The lowest BCUT2D eigenvalue weighted by Crippen LogP contribution is -2.11. The smallest absolute Gasteiger partial charge is 0.309 e. The van der Waals surface area contributed by atoms with Gasteiger partial charge in [0, 0.05) is 12.0 Å². The molecule has 1 aromatic heterocycles. The van der Waals surface area contributed by atoms with Crippen LogP contribution < -0.4 is 0 Å². The summed E-state index contributed by atoms with van der Waals surface area (Å²) in [4.78, 5) is 16.4. The highest BCUT2D eigenvalue weighted by atomic mass is 19.1. The van der Waals surface area contributed by atoms with E-state index in [4.69, 9.17) is 4.74 Å². The third-order valence-corrected chi connectivity index (χ3v) is 4.54. The van der Waals surface area contributed by atoms with Crippen molar-refractivity contribution in [1.29, 1.82) is 0 Å². The van der Waals surface area contributed by atoms with Gasteiger partial charge >= 0.3 is 5.97 Å². The number of esters is 1. The summed E-state index contributed by atoms with van der Waals surface area (Å²) < 4.78 is 20.0. The predicted octanol–water partition coefficient (Wildman–Crippen LogP) is 3.57. The highest BCUT2D eigenvalue weighted by Gasteiger charge is 2.27. The van der Waals surface area contributed by atoms with Gasteiger partial charge in [-0.15, -0.1) is 5.10 Å². The largest absolute Gasteiger partial charge is 0.465 e. The number of carbonyl (C=O) groups excluding carboxylic acids is 1. The third kappa shape index (κ3) is 3.35. The Morgan fingerprint density at radius 1 is 1.12 bits per heavy atom. The molecule has 132 valence electrons. The molecule has 1 saturated heterocycles. The van der Waals surface area contributed by atoms with E-state index in [0.29, 0.717) is 25.3 Å². The number of hydrogen-bond acceptors (Lipinski definition) is 4. The van der Waals surface area contributed by atoms with Crippen molar-refractivity contribution >= 4 is 5.97 Å². The van der Waals surface area contributed by atoms with Crippen LogP contribution in [0.15, 0.2) is 54.6 Å². The van der Waals surface area contributed by atoms with Crippen molar-refractivity contribution in [2.75, 3.05) is 6.61 Å². The molecule has 6 heteroatoms. The van der Waals surface area contributed by atoms with E-state index >= 15 is 0 Å². The van der Waals surface area contributed by atoms with Crippen molar-refractivity contribution in [2.45, 2.75) is 19.3 Å². The van der Waals surface area contributed by atoms with Crippen LogP contribution in [0.5, 0.6) is 0 Å². The van der Waals surface area contributed by atoms with Crippen LogP contribution in [-0.4, -0.2) is 27.3 Å². The highest BCUT2D eigenvalue weighted by Crippen LogP contribution is 2.23. The Morgan fingerprint density at radius 3 is 2.58 bits per heavy atom. The van der Waals surface area contributed by atoms with E-state index in [2.05, 4.69) is 10.1 Å². The molecule has 1 aliphatic heterocycles. The molecular weight excluding hydrogens is 333 g/mol. The van der Waals surface area contributed by atoms with Gasteiger partial charge in [0.15, 0.2) is 5.82 Å². The van der Waals surface area contributed by atoms with E-state index in [0.717, 1.165) is 23.5 Å². The zero-order chi connectivity index (χ0) is 17.9. The zero-order valence-corrected chi connectivity index (χ0v) is 14.1. The molecule has 0 spiro atoms. The van der Waals surface area contributed by atoms with Crippen LogP contribution in [-0.2, 0) is 16.0 Å². The second-order valence-electron chi connectivity index (χ2n) is 6.30. The van der Waals surface area contributed by atoms with Gasteiger partial charge in [0.25, 0.3) is 0 Å². The van der Waals surface area contributed by atoms with Crippen molar-refractivity contribution < 1.29 is 13.9 Å². The van der Waals surface area contributed by atoms with Crippen LogP contribution in [0, 0.1) is 11.7 Å². The SMILES string of the molecule is O=C1OCCC1CCc1nc(-c2ccccc2)nn1-c1ccc(F)cc1. The molecule has 5 nitrogen and oxygen atoms in total. The summed E-state index contributed by atoms with van der Waals surface area (Å²) >= 11 is 0. The number of cyclic esters (lactones) is 1. The normalized spacial score (nSPS) is 16.7. The molecule has 0 aliphatic carbocycles. The zero-order valence-electron chi connectivity index (χ0n) is 14.1. The lowest BCUT2D eigenvalue weighted by molar-refractivity contribution is -0.141. The number of aryl methyl sites for hydroxylation is 1. The molecule has 1 aliphatic rings. The first-order chi connectivity index (χ1) is 12.7. The fourth-order valence-corrected chi connectivity index (χ4v) is 3.11. The maximum absolute atomic E-state index is 13.3. The van der Waals surface area contributed by atoms with Crippen LogP contribution >= 0.6 is 0 Å². The number of ether oxygens (including phenoxy) is 1. The van der Waals surface area contributed by atoms with Crippen LogP contribution in [0.4, 0.5) is 4.39 Å². The minimum absolute atomic E-state index is 0.0893. The lowest BCUT2D eigenvalue weighted by Gasteiger charge is -2.07. The summed E-state index contributed by atoms with van der Waals surface area (Å²) in [5.41, 5.74) is 1.65. The minimum Gasteiger partial charge on any atom is -0.465 e. The first-order valence-corrected chi connectivity index (χ1v) is 8.64. The van der Waals surface area contributed by atoms with E-state index in [-0.39, 0.29) is 17.7 Å². The fourth-order valence-electron chi connectivity index (χ4n) is 3.11. The molecule has 2 aromatic carbocycles. The molecule has 2 heterocycles. The monoisotopic (exact) mass is 351 g/mol. The Labute approximate surface area is 150 Å². The van der Waals surface area contributed by atoms with Gasteiger partial charge in [0.05, 0.1) is 18.2 Å². The van der Waals surface area contributed by atoms with E-state index in [9.17, 15) is 9.18 Å². The summed E-state index contributed by atoms with van der Waals surface area (Å²) in [6, 6.07) is 15.8. The Kier molecular flexibility index (Phi) is 4.48. The fraction of sp³-hybridized carbons (Fsp3) is 0.250. The average molecular weight is 351 g/mol. The van der Waals surface area contributed by atoms with Crippen LogP contribution in [0.25, 0.3) is 17.1 Å². The number of aromatic nitrogens is 3. The second-order valence-corrected chi connectivity index (χ2v) is 6.30. The number of hydrogen-bond donors (Lipinski definition) is 0. The van der Waals surface area contributed by atoms with E-state index in [1.165, 1.54) is 12.1 Å². The summed E-state index contributed by atoms with van der Waals surface area (Å²) in [5, 5.41) is 4.61. The van der Waals surface area contributed by atoms with Gasteiger partial charge in [-0.3, -0.25) is 4.79 Å². The molecule has 0 bridgehead atoms. The molecular formula is C20H18FN3O2. The number of carbonyl (C=O) groups is 1. The van der Waals surface area contributed by atoms with E-state index < -0.39 is 0 Å². The maximum atomic E-state index is 13.3. The second kappa shape index (κ2) is 7.07. The third-order valence-electron chi connectivity index (χ3n) is 4.54. The van der Waals surface area contributed by atoms with Gasteiger partial charge in [0.1, 0.15) is 11.6 Å². The molecule has 0 radical (unpaired) electrons. The molecule has 0 amide bonds. The highest BCUT2D eigenvalue weighted by molar-refractivity contribution is 5.74. The lowest BCUT2D eigenvalue weighted by atomic mass is 10.0. The van der Waals surface area contributed by atoms with Gasteiger partial charge in [-0.05, 0) is 37.1 Å². The molecule has 0 N–H and O–H groups in total. The number of benzene rings is 2. The van der Waals surface area contributed by atoms with Crippen molar-refractivity contribution in [1.82, 2.24) is 14.8 Å². The van der Waals surface area contributed by atoms with Crippen LogP contribution in [0.2, 0.25) is 0 Å². The Balaban J connectivity index is 1.66. The summed E-state index contributed by atoms with van der Waals surface area (Å²) in [6.45, 7) is 0.490. The van der Waals surface area contributed by atoms with Gasteiger partial charge < -0.3 is 4.74 Å². The molecule has 1 unspecified atom stereocenters. The van der Waals surface area contributed by atoms with Crippen LogP contribution in [0.1, 0.15) is 18.7 Å². The first-order valence-electron chi connectivity index (χ1n) is 8.64. The Hall–Kier alpha value is -3.02. The van der Waals surface area contributed by atoms with Crippen LogP contribution in [0.3, 0.4) is 0 Å². The van der Waals surface area contributed by atoms with E-state index in [1.54, 1.807) is 16.8 Å². The Bertz CT molecular complexity index is 907.